The van der Waals surface area contributed by atoms with Gasteiger partial charge in [-0.05, 0) is 17.7 Å². The molecule has 0 fully saturated rings. The zero-order valence-electron chi connectivity index (χ0n) is 11.2. The smallest absolute Gasteiger partial charge is 0.163 e. The zero-order valence-corrected chi connectivity index (χ0v) is 11.2. The molecule has 1 heterocycles. The molecule has 0 saturated carbocycles. The SMILES string of the molecule is Nc1cc2c(cc1NCc1ccc(F)c(F)c1)OCCO2. The number of benzene rings is 2. The molecule has 1 aliphatic rings. The van der Waals surface area contributed by atoms with Crippen LogP contribution in [0.25, 0.3) is 0 Å². The van der Waals surface area contributed by atoms with Crippen LogP contribution in [0.5, 0.6) is 11.5 Å². The van der Waals surface area contributed by atoms with Crippen molar-refractivity contribution in [1.29, 1.82) is 0 Å². The molecule has 0 atom stereocenters. The second kappa shape index (κ2) is 5.47. The Morgan fingerprint density at radius 3 is 2.43 bits per heavy atom. The second-order valence-electron chi connectivity index (χ2n) is 4.69. The lowest BCUT2D eigenvalue weighted by atomic mass is 10.2. The van der Waals surface area contributed by atoms with Crippen molar-refractivity contribution in [3.05, 3.63) is 47.5 Å². The van der Waals surface area contributed by atoms with Crippen LogP contribution in [-0.4, -0.2) is 13.2 Å². The van der Waals surface area contributed by atoms with Crippen LogP contribution in [0.15, 0.2) is 30.3 Å². The molecule has 0 aliphatic carbocycles. The predicted octanol–water partition coefficient (Wildman–Crippen LogP) is 2.93. The van der Waals surface area contributed by atoms with E-state index in [1.165, 1.54) is 6.07 Å². The lowest BCUT2D eigenvalue weighted by Gasteiger charge is -2.20. The Bertz CT molecular complexity index is 677. The summed E-state index contributed by atoms with van der Waals surface area (Å²) in [5.41, 5.74) is 7.70. The number of halogens is 2. The van der Waals surface area contributed by atoms with Gasteiger partial charge in [0.15, 0.2) is 23.1 Å². The number of nitrogens with two attached hydrogens (primary N) is 1. The first kappa shape index (κ1) is 13.5. The molecule has 2 aromatic rings. The van der Waals surface area contributed by atoms with Gasteiger partial charge in [-0.25, -0.2) is 8.78 Å². The summed E-state index contributed by atoms with van der Waals surface area (Å²) in [6.07, 6.45) is 0. The summed E-state index contributed by atoms with van der Waals surface area (Å²) in [5, 5.41) is 3.08. The lowest BCUT2D eigenvalue weighted by molar-refractivity contribution is 0.172. The number of rotatable bonds is 3. The first-order valence-electron chi connectivity index (χ1n) is 6.50. The Balaban J connectivity index is 1.77. The van der Waals surface area contributed by atoms with Crippen molar-refractivity contribution >= 4 is 11.4 Å². The number of hydrogen-bond donors (Lipinski definition) is 2. The highest BCUT2D eigenvalue weighted by Gasteiger charge is 2.14. The van der Waals surface area contributed by atoms with Crippen molar-refractivity contribution in [2.45, 2.75) is 6.54 Å². The summed E-state index contributed by atoms with van der Waals surface area (Å²) < 4.78 is 36.9. The van der Waals surface area contributed by atoms with Crippen LogP contribution in [-0.2, 0) is 6.54 Å². The Morgan fingerprint density at radius 2 is 1.71 bits per heavy atom. The van der Waals surface area contributed by atoms with E-state index >= 15 is 0 Å². The van der Waals surface area contributed by atoms with Gasteiger partial charge in [-0.3, -0.25) is 0 Å². The fraction of sp³-hybridized carbons (Fsp3) is 0.200. The largest absolute Gasteiger partial charge is 0.486 e. The maximum absolute atomic E-state index is 13.1. The van der Waals surface area contributed by atoms with Crippen molar-refractivity contribution in [1.82, 2.24) is 0 Å². The number of hydrogen-bond acceptors (Lipinski definition) is 4. The van der Waals surface area contributed by atoms with Crippen LogP contribution in [0, 0.1) is 11.6 Å². The van der Waals surface area contributed by atoms with Crippen molar-refractivity contribution in [3.63, 3.8) is 0 Å². The van der Waals surface area contributed by atoms with E-state index in [2.05, 4.69) is 5.32 Å². The lowest BCUT2D eigenvalue weighted by Crippen LogP contribution is -2.16. The summed E-state index contributed by atoms with van der Waals surface area (Å²) in [4.78, 5) is 0. The Hall–Kier alpha value is -2.50. The fourth-order valence-corrected chi connectivity index (χ4v) is 2.10. The molecule has 110 valence electrons. The van der Waals surface area contributed by atoms with Crippen LogP contribution < -0.4 is 20.5 Å². The third kappa shape index (κ3) is 2.84. The molecule has 3 rings (SSSR count). The molecule has 21 heavy (non-hydrogen) atoms. The first-order chi connectivity index (χ1) is 10.1. The van der Waals surface area contributed by atoms with Crippen LogP contribution in [0.3, 0.4) is 0 Å². The highest BCUT2D eigenvalue weighted by molar-refractivity contribution is 5.72. The van der Waals surface area contributed by atoms with Gasteiger partial charge in [0.2, 0.25) is 0 Å². The van der Waals surface area contributed by atoms with Crippen LogP contribution in [0.2, 0.25) is 0 Å². The monoisotopic (exact) mass is 292 g/mol. The van der Waals surface area contributed by atoms with E-state index in [-0.39, 0.29) is 0 Å². The van der Waals surface area contributed by atoms with E-state index in [4.69, 9.17) is 15.2 Å². The van der Waals surface area contributed by atoms with E-state index < -0.39 is 11.6 Å². The van der Waals surface area contributed by atoms with Gasteiger partial charge in [0.05, 0.1) is 11.4 Å². The zero-order chi connectivity index (χ0) is 14.8. The minimum absolute atomic E-state index is 0.320. The van der Waals surface area contributed by atoms with Crippen molar-refractivity contribution in [2.75, 3.05) is 24.3 Å². The molecule has 0 saturated heterocycles. The molecule has 0 bridgehead atoms. The number of nitrogen functional groups attached to an aromatic ring is 1. The Kier molecular flexibility index (Phi) is 3.51. The fourth-order valence-electron chi connectivity index (χ4n) is 2.10. The summed E-state index contributed by atoms with van der Waals surface area (Å²) in [6.45, 7) is 1.30. The van der Waals surface area contributed by atoms with E-state index in [0.717, 1.165) is 12.1 Å². The quantitative estimate of drug-likeness (QED) is 0.854. The third-order valence-electron chi connectivity index (χ3n) is 3.18. The molecule has 0 spiro atoms. The van der Waals surface area contributed by atoms with E-state index in [0.29, 0.717) is 48.2 Å². The number of ether oxygens (including phenoxy) is 2. The minimum Gasteiger partial charge on any atom is -0.486 e. The standard InChI is InChI=1S/C15H14F2N2O2/c16-10-2-1-9(5-11(10)17)8-19-13-7-15-14(6-12(13)18)20-3-4-21-15/h1-2,5-7,19H,3-4,8,18H2. The maximum Gasteiger partial charge on any atom is 0.163 e. The van der Waals surface area contributed by atoms with E-state index in [1.54, 1.807) is 12.1 Å². The first-order valence-corrected chi connectivity index (χ1v) is 6.50. The number of nitrogens with one attached hydrogen (secondary N) is 1. The number of anilines is 2. The third-order valence-corrected chi connectivity index (χ3v) is 3.18. The normalized spacial score (nSPS) is 13.0. The summed E-state index contributed by atoms with van der Waals surface area (Å²) in [6, 6.07) is 7.18. The van der Waals surface area contributed by atoms with Gasteiger partial charge in [0.25, 0.3) is 0 Å². The van der Waals surface area contributed by atoms with Gasteiger partial charge in [-0.15, -0.1) is 0 Å². The summed E-state index contributed by atoms with van der Waals surface area (Å²) >= 11 is 0. The van der Waals surface area contributed by atoms with Crippen molar-refractivity contribution in [3.8, 4) is 11.5 Å². The van der Waals surface area contributed by atoms with Crippen LogP contribution in [0.1, 0.15) is 5.56 Å². The molecular weight excluding hydrogens is 278 g/mol. The van der Waals surface area contributed by atoms with Gasteiger partial charge < -0.3 is 20.5 Å². The molecule has 0 radical (unpaired) electrons. The molecule has 4 nitrogen and oxygen atoms in total. The van der Waals surface area contributed by atoms with Gasteiger partial charge in [-0.1, -0.05) is 6.07 Å². The average Bonchev–Trinajstić information content (AvgIpc) is 2.48. The van der Waals surface area contributed by atoms with Crippen molar-refractivity contribution < 1.29 is 18.3 Å². The van der Waals surface area contributed by atoms with Crippen LogP contribution >= 0.6 is 0 Å². The molecule has 0 amide bonds. The highest BCUT2D eigenvalue weighted by atomic mass is 19.2. The molecule has 1 aliphatic heterocycles. The van der Waals surface area contributed by atoms with E-state index in [1.807, 2.05) is 0 Å². The van der Waals surface area contributed by atoms with Crippen LogP contribution in [0.4, 0.5) is 20.2 Å². The molecule has 6 heteroatoms. The Labute approximate surface area is 120 Å². The Morgan fingerprint density at radius 1 is 1.00 bits per heavy atom. The average molecular weight is 292 g/mol. The molecular formula is C15H14F2N2O2. The second-order valence-corrected chi connectivity index (χ2v) is 4.69. The molecule has 3 N–H and O–H groups in total. The van der Waals surface area contributed by atoms with Gasteiger partial charge in [0.1, 0.15) is 13.2 Å². The molecule has 2 aromatic carbocycles. The summed E-state index contributed by atoms with van der Waals surface area (Å²) in [7, 11) is 0. The maximum atomic E-state index is 13.1. The van der Waals surface area contributed by atoms with E-state index in [9.17, 15) is 8.78 Å². The molecule has 0 unspecified atom stereocenters. The predicted molar refractivity (Wildman–Crippen MR) is 75.5 cm³/mol. The van der Waals surface area contributed by atoms with Crippen molar-refractivity contribution in [2.24, 2.45) is 0 Å². The highest BCUT2D eigenvalue weighted by Crippen LogP contribution is 2.37. The van der Waals surface area contributed by atoms with Gasteiger partial charge in [-0.2, -0.15) is 0 Å². The summed E-state index contributed by atoms with van der Waals surface area (Å²) in [5.74, 6) is -0.512. The minimum atomic E-state index is -0.871. The topological polar surface area (TPSA) is 56.5 Å². The number of fused-ring (bicyclic) bond motifs is 1. The van der Waals surface area contributed by atoms with Gasteiger partial charge >= 0.3 is 0 Å². The molecule has 0 aromatic heterocycles. The van der Waals surface area contributed by atoms with Gasteiger partial charge in [0, 0.05) is 18.7 Å².